The van der Waals surface area contributed by atoms with E-state index in [9.17, 15) is 18.0 Å². The van der Waals surface area contributed by atoms with Gasteiger partial charge in [0, 0.05) is 6.54 Å². The quantitative estimate of drug-likeness (QED) is 0.618. The summed E-state index contributed by atoms with van der Waals surface area (Å²) in [6, 6.07) is 10.8. The van der Waals surface area contributed by atoms with E-state index in [1.165, 1.54) is 30.2 Å². The summed E-state index contributed by atoms with van der Waals surface area (Å²) in [5, 5.41) is 6.36. The molecular formula is C21H19F3N4O3. The van der Waals surface area contributed by atoms with Crippen LogP contribution in [0, 0.1) is 0 Å². The second kappa shape index (κ2) is 8.29. The Hall–Kier alpha value is -3.56. The molecule has 7 nitrogen and oxygen atoms in total. The Balaban J connectivity index is 1.56. The maximum absolute atomic E-state index is 13.2. The van der Waals surface area contributed by atoms with E-state index in [-0.39, 0.29) is 11.6 Å². The molecule has 31 heavy (non-hydrogen) atoms. The minimum atomic E-state index is -4.58. The molecule has 2 heterocycles. The number of nitrogens with zero attached hydrogens (tertiary/aromatic N) is 3. The molecule has 1 fully saturated rings. The fraction of sp³-hybridized carbons (Fsp3) is 0.286. The van der Waals surface area contributed by atoms with Crippen molar-refractivity contribution in [2.24, 2.45) is 0 Å². The van der Waals surface area contributed by atoms with E-state index in [2.05, 4.69) is 15.5 Å². The van der Waals surface area contributed by atoms with Gasteiger partial charge in [0.2, 0.25) is 11.7 Å². The molecule has 1 saturated heterocycles. The number of carbonyl (C=O) groups excluding carboxylic acids is 1. The monoisotopic (exact) mass is 432 g/mol. The molecule has 0 spiro atoms. The summed E-state index contributed by atoms with van der Waals surface area (Å²) in [6.07, 6.45) is -3.36. The molecule has 3 aromatic rings. The van der Waals surface area contributed by atoms with E-state index in [4.69, 9.17) is 9.26 Å². The molecule has 1 aliphatic heterocycles. The molecule has 0 unspecified atom stereocenters. The fourth-order valence-electron chi connectivity index (χ4n) is 3.60. The van der Waals surface area contributed by atoms with Gasteiger partial charge in [0.1, 0.15) is 11.8 Å². The number of likely N-dealkylation sites (tertiary alicyclic amines) is 1. The Bertz CT molecular complexity index is 1080. The average Bonchev–Trinajstić information content (AvgIpc) is 3.43. The first-order valence-electron chi connectivity index (χ1n) is 9.59. The number of para-hydroxylation sites is 2. The SMILES string of the molecule is COc1ccccc1-c1noc([C@H]2CCCN2C(=O)Nc2ccccc2C(F)(F)F)n1. The van der Waals surface area contributed by atoms with Gasteiger partial charge in [0.15, 0.2) is 0 Å². The van der Waals surface area contributed by atoms with Gasteiger partial charge in [-0.1, -0.05) is 29.4 Å². The predicted molar refractivity (Wildman–Crippen MR) is 105 cm³/mol. The number of amides is 2. The Morgan fingerprint density at radius 1 is 1.19 bits per heavy atom. The maximum atomic E-state index is 13.2. The highest BCUT2D eigenvalue weighted by Gasteiger charge is 2.37. The first kappa shape index (κ1) is 20.7. The molecule has 1 aromatic heterocycles. The Morgan fingerprint density at radius 2 is 1.94 bits per heavy atom. The fourth-order valence-corrected chi connectivity index (χ4v) is 3.60. The van der Waals surface area contributed by atoms with Gasteiger partial charge in [-0.2, -0.15) is 18.2 Å². The number of hydrogen-bond donors (Lipinski definition) is 1. The van der Waals surface area contributed by atoms with Gasteiger partial charge in [0.25, 0.3) is 0 Å². The van der Waals surface area contributed by atoms with Gasteiger partial charge >= 0.3 is 12.2 Å². The third kappa shape index (κ3) is 4.18. The molecule has 4 rings (SSSR count). The van der Waals surface area contributed by atoms with Gasteiger partial charge in [-0.25, -0.2) is 4.79 Å². The minimum Gasteiger partial charge on any atom is -0.496 e. The number of anilines is 1. The Labute approximate surface area is 175 Å². The van der Waals surface area contributed by atoms with Gasteiger partial charge in [-0.15, -0.1) is 0 Å². The summed E-state index contributed by atoms with van der Waals surface area (Å²) in [4.78, 5) is 18.6. The van der Waals surface area contributed by atoms with Crippen LogP contribution in [-0.4, -0.2) is 34.7 Å². The van der Waals surface area contributed by atoms with Crippen molar-refractivity contribution in [1.82, 2.24) is 15.0 Å². The summed E-state index contributed by atoms with van der Waals surface area (Å²) in [5.41, 5.74) is -0.575. The van der Waals surface area contributed by atoms with Crippen LogP contribution in [0.1, 0.15) is 30.3 Å². The number of urea groups is 1. The Morgan fingerprint density at radius 3 is 2.71 bits per heavy atom. The van der Waals surface area contributed by atoms with E-state index in [1.807, 2.05) is 6.07 Å². The third-order valence-electron chi connectivity index (χ3n) is 5.06. The zero-order chi connectivity index (χ0) is 22.0. The number of halogens is 3. The summed E-state index contributed by atoms with van der Waals surface area (Å²) >= 11 is 0. The number of ether oxygens (including phenoxy) is 1. The van der Waals surface area contributed by atoms with Crippen LogP contribution < -0.4 is 10.1 Å². The largest absolute Gasteiger partial charge is 0.496 e. The van der Waals surface area contributed by atoms with E-state index < -0.39 is 23.8 Å². The summed E-state index contributed by atoms with van der Waals surface area (Å²) in [6.45, 7) is 0.358. The second-order valence-corrected chi connectivity index (χ2v) is 6.98. The molecule has 162 valence electrons. The first-order chi connectivity index (χ1) is 14.9. The highest BCUT2D eigenvalue weighted by molar-refractivity contribution is 5.90. The van der Waals surface area contributed by atoms with Gasteiger partial charge in [-0.3, -0.25) is 0 Å². The van der Waals surface area contributed by atoms with Crippen molar-refractivity contribution in [2.75, 3.05) is 19.0 Å². The molecule has 0 aliphatic carbocycles. The summed E-state index contributed by atoms with van der Waals surface area (Å²) < 4.78 is 50.4. The van der Waals surface area contributed by atoms with Crippen LogP contribution in [0.2, 0.25) is 0 Å². The standard InChI is InChI=1S/C21H19F3N4O3/c1-30-17-11-5-2-7-13(17)18-26-19(31-27-18)16-10-6-12-28(16)20(29)25-15-9-4-3-8-14(15)21(22,23)24/h2-5,7-9,11,16H,6,10,12H2,1H3,(H,25,29)/t16-/m1/s1. The lowest BCUT2D eigenvalue weighted by atomic mass is 10.1. The van der Waals surface area contributed by atoms with Gasteiger partial charge in [-0.05, 0) is 37.1 Å². The van der Waals surface area contributed by atoms with Crippen molar-refractivity contribution < 1.29 is 27.2 Å². The lowest BCUT2D eigenvalue weighted by molar-refractivity contribution is -0.136. The molecule has 1 aliphatic rings. The minimum absolute atomic E-state index is 0.220. The van der Waals surface area contributed by atoms with Crippen molar-refractivity contribution in [2.45, 2.75) is 25.1 Å². The van der Waals surface area contributed by atoms with Crippen LogP contribution in [0.4, 0.5) is 23.7 Å². The van der Waals surface area contributed by atoms with Crippen LogP contribution in [0.15, 0.2) is 53.1 Å². The van der Waals surface area contributed by atoms with E-state index in [0.717, 1.165) is 6.07 Å². The van der Waals surface area contributed by atoms with Gasteiger partial charge in [0.05, 0.1) is 23.9 Å². The number of rotatable bonds is 4. The lowest BCUT2D eigenvalue weighted by Gasteiger charge is -2.23. The molecule has 1 atom stereocenters. The number of hydrogen-bond acceptors (Lipinski definition) is 5. The highest BCUT2D eigenvalue weighted by Crippen LogP contribution is 2.37. The number of nitrogens with one attached hydrogen (secondary N) is 1. The van der Waals surface area contributed by atoms with Crippen molar-refractivity contribution >= 4 is 11.7 Å². The number of methoxy groups -OCH3 is 1. The number of carbonyl (C=O) groups is 1. The van der Waals surface area contributed by atoms with Crippen molar-refractivity contribution in [3.8, 4) is 17.1 Å². The van der Waals surface area contributed by atoms with Crippen LogP contribution in [0.5, 0.6) is 5.75 Å². The summed E-state index contributed by atoms with van der Waals surface area (Å²) in [5.74, 6) is 1.10. The second-order valence-electron chi connectivity index (χ2n) is 6.98. The predicted octanol–water partition coefficient (Wildman–Crippen LogP) is 5.13. The molecule has 0 bridgehead atoms. The lowest BCUT2D eigenvalue weighted by Crippen LogP contribution is -2.35. The first-order valence-corrected chi connectivity index (χ1v) is 9.59. The smallest absolute Gasteiger partial charge is 0.418 e. The molecule has 10 heteroatoms. The van der Waals surface area contributed by atoms with Crippen LogP contribution >= 0.6 is 0 Å². The topological polar surface area (TPSA) is 80.5 Å². The van der Waals surface area contributed by atoms with Gasteiger partial charge < -0.3 is 19.5 Å². The average molecular weight is 432 g/mol. The number of benzene rings is 2. The van der Waals surface area contributed by atoms with Crippen molar-refractivity contribution in [1.29, 1.82) is 0 Å². The molecule has 2 aromatic carbocycles. The molecule has 0 saturated carbocycles. The molecule has 0 radical (unpaired) electrons. The molecule has 2 amide bonds. The zero-order valence-corrected chi connectivity index (χ0v) is 16.5. The highest BCUT2D eigenvalue weighted by atomic mass is 19.4. The van der Waals surface area contributed by atoms with E-state index >= 15 is 0 Å². The van der Waals surface area contributed by atoms with Crippen LogP contribution in [0.25, 0.3) is 11.4 Å². The number of aromatic nitrogens is 2. The maximum Gasteiger partial charge on any atom is 0.418 e. The van der Waals surface area contributed by atoms with Crippen LogP contribution in [0.3, 0.4) is 0 Å². The molecule has 1 N–H and O–H groups in total. The third-order valence-corrected chi connectivity index (χ3v) is 5.06. The normalized spacial score (nSPS) is 16.4. The summed E-state index contributed by atoms with van der Waals surface area (Å²) in [7, 11) is 1.53. The van der Waals surface area contributed by atoms with Crippen molar-refractivity contribution in [3.63, 3.8) is 0 Å². The van der Waals surface area contributed by atoms with E-state index in [0.29, 0.717) is 36.5 Å². The Kier molecular flexibility index (Phi) is 5.53. The van der Waals surface area contributed by atoms with Crippen molar-refractivity contribution in [3.05, 3.63) is 60.0 Å². The van der Waals surface area contributed by atoms with Crippen LogP contribution in [-0.2, 0) is 6.18 Å². The van der Waals surface area contributed by atoms with E-state index in [1.54, 1.807) is 18.2 Å². The molecular weight excluding hydrogens is 413 g/mol. The number of alkyl halides is 3. The zero-order valence-electron chi connectivity index (χ0n) is 16.5.